The van der Waals surface area contributed by atoms with Crippen LogP contribution >= 0.6 is 0 Å². The van der Waals surface area contributed by atoms with Crippen molar-refractivity contribution in [2.45, 2.75) is 13.3 Å². The molecule has 0 aliphatic rings. The van der Waals surface area contributed by atoms with E-state index >= 15 is 0 Å². The smallest absolute Gasteiger partial charge is 0.337 e. The second-order valence-corrected chi connectivity index (χ2v) is 7.40. The number of carbonyl (C=O) groups excluding carboxylic acids is 2. The quantitative estimate of drug-likeness (QED) is 0.752. The number of hydrogen-bond donors (Lipinski definition) is 1. The van der Waals surface area contributed by atoms with Crippen molar-refractivity contribution >= 4 is 27.4 Å². The van der Waals surface area contributed by atoms with Gasteiger partial charge < -0.3 is 15.0 Å². The summed E-state index contributed by atoms with van der Waals surface area (Å²) in [6.45, 7) is 2.53. The Morgan fingerprint density at radius 3 is 2.35 bits per heavy atom. The van der Waals surface area contributed by atoms with Crippen LogP contribution in [0.1, 0.15) is 34.1 Å². The van der Waals surface area contributed by atoms with Crippen LogP contribution in [0.3, 0.4) is 0 Å². The summed E-state index contributed by atoms with van der Waals surface area (Å²) in [7, 11) is -0.335. The summed E-state index contributed by atoms with van der Waals surface area (Å²) in [5.41, 5.74) is 0.839. The summed E-state index contributed by atoms with van der Waals surface area (Å²) >= 11 is 0. The van der Waals surface area contributed by atoms with Gasteiger partial charge in [0.15, 0.2) is 9.84 Å². The number of methoxy groups -OCH3 is 1. The summed E-state index contributed by atoms with van der Waals surface area (Å²) in [5, 5.41) is 2.70. The van der Waals surface area contributed by atoms with Gasteiger partial charge in [0, 0.05) is 31.1 Å². The number of esters is 1. The van der Waals surface area contributed by atoms with E-state index in [0.717, 1.165) is 12.7 Å². The van der Waals surface area contributed by atoms with Gasteiger partial charge in [-0.3, -0.25) is 4.79 Å². The molecule has 0 bridgehead atoms. The maximum Gasteiger partial charge on any atom is 0.337 e. The van der Waals surface area contributed by atoms with E-state index in [-0.39, 0.29) is 17.3 Å². The molecule has 7 nitrogen and oxygen atoms in total. The minimum Gasteiger partial charge on any atom is -0.465 e. The molecule has 0 aliphatic carbocycles. The molecule has 128 valence electrons. The molecule has 0 fully saturated rings. The van der Waals surface area contributed by atoms with E-state index in [1.807, 2.05) is 6.92 Å². The van der Waals surface area contributed by atoms with Gasteiger partial charge in [0.25, 0.3) is 5.91 Å². The van der Waals surface area contributed by atoms with Crippen molar-refractivity contribution in [2.75, 3.05) is 38.2 Å². The minimum absolute atomic E-state index is 0.180. The molecule has 8 heteroatoms. The van der Waals surface area contributed by atoms with Crippen molar-refractivity contribution < 1.29 is 22.7 Å². The fourth-order valence-corrected chi connectivity index (χ4v) is 2.39. The Bertz CT molecular complexity index is 685. The van der Waals surface area contributed by atoms with Crippen molar-refractivity contribution in [1.29, 1.82) is 0 Å². The van der Waals surface area contributed by atoms with Crippen molar-refractivity contribution in [3.8, 4) is 0 Å². The van der Waals surface area contributed by atoms with Crippen LogP contribution in [-0.4, -0.2) is 58.0 Å². The number of rotatable bonds is 7. The van der Waals surface area contributed by atoms with Crippen LogP contribution in [0.25, 0.3) is 0 Å². The highest BCUT2D eigenvalue weighted by Crippen LogP contribution is 2.18. The highest BCUT2D eigenvalue weighted by atomic mass is 32.2. The lowest BCUT2D eigenvalue weighted by atomic mass is 10.1. The van der Waals surface area contributed by atoms with Crippen molar-refractivity contribution in [3.63, 3.8) is 0 Å². The normalized spacial score (nSPS) is 11.0. The van der Waals surface area contributed by atoms with Gasteiger partial charge in [-0.2, -0.15) is 0 Å². The Labute approximate surface area is 136 Å². The van der Waals surface area contributed by atoms with Gasteiger partial charge in [-0.1, -0.05) is 6.92 Å². The molecule has 1 aromatic carbocycles. The second kappa shape index (κ2) is 7.96. The topological polar surface area (TPSA) is 92.8 Å². The van der Waals surface area contributed by atoms with Crippen LogP contribution in [0.4, 0.5) is 5.69 Å². The van der Waals surface area contributed by atoms with Gasteiger partial charge in [-0.05, 0) is 24.6 Å². The number of benzene rings is 1. The molecule has 0 radical (unpaired) electrons. The molecule has 0 aliphatic heterocycles. The van der Waals surface area contributed by atoms with Gasteiger partial charge in [-0.25, -0.2) is 13.2 Å². The van der Waals surface area contributed by atoms with E-state index in [1.165, 1.54) is 30.2 Å². The summed E-state index contributed by atoms with van der Waals surface area (Å²) < 4.78 is 27.2. The molecule has 1 aromatic rings. The highest BCUT2D eigenvalue weighted by Gasteiger charge is 2.16. The average molecular weight is 342 g/mol. The summed E-state index contributed by atoms with van der Waals surface area (Å²) in [6, 6.07) is 4.41. The zero-order valence-corrected chi connectivity index (χ0v) is 14.6. The Morgan fingerprint density at radius 1 is 1.22 bits per heavy atom. The molecular weight excluding hydrogens is 320 g/mol. The lowest BCUT2D eigenvalue weighted by Crippen LogP contribution is -2.27. The molecule has 1 N–H and O–H groups in total. The maximum absolute atomic E-state index is 12.4. The molecule has 1 rings (SSSR count). The monoisotopic (exact) mass is 342 g/mol. The molecule has 0 aromatic heterocycles. The van der Waals surface area contributed by atoms with Crippen molar-refractivity contribution in [3.05, 3.63) is 29.3 Å². The first kappa shape index (κ1) is 19.0. The molecular formula is C15H22N2O5S. The fourth-order valence-electron chi connectivity index (χ4n) is 1.96. The van der Waals surface area contributed by atoms with Crippen LogP contribution in [-0.2, 0) is 14.6 Å². The third-order valence-corrected chi connectivity index (χ3v) is 3.71. The SMILES string of the molecule is CCCN(C)C(=O)c1cc(NCS(C)(=O)=O)cc(C(=O)OC)c1. The standard InChI is InChI=1S/C15H22N2O5S/c1-5-6-17(2)14(18)11-7-12(15(19)22-3)9-13(8-11)16-10-23(4,20)21/h7-9,16H,5-6,10H2,1-4H3. The minimum atomic E-state index is -3.24. The third kappa shape index (κ3) is 5.90. The Kier molecular flexibility index (Phi) is 6.56. The average Bonchev–Trinajstić information content (AvgIpc) is 2.50. The highest BCUT2D eigenvalue weighted by molar-refractivity contribution is 7.90. The molecule has 0 saturated carbocycles. The first-order chi connectivity index (χ1) is 10.7. The molecule has 0 unspecified atom stereocenters. The van der Waals surface area contributed by atoms with Gasteiger partial charge in [0.05, 0.1) is 12.7 Å². The lowest BCUT2D eigenvalue weighted by Gasteiger charge is -2.17. The zero-order chi connectivity index (χ0) is 17.6. The van der Waals surface area contributed by atoms with Gasteiger partial charge in [0.1, 0.15) is 5.88 Å². The van der Waals surface area contributed by atoms with Crippen LogP contribution in [0.15, 0.2) is 18.2 Å². The van der Waals surface area contributed by atoms with Crippen LogP contribution < -0.4 is 5.32 Å². The predicted octanol–water partition coefficient (Wildman–Crippen LogP) is 1.37. The van der Waals surface area contributed by atoms with Crippen molar-refractivity contribution in [1.82, 2.24) is 4.90 Å². The number of carbonyl (C=O) groups is 2. The van der Waals surface area contributed by atoms with E-state index in [2.05, 4.69) is 10.1 Å². The van der Waals surface area contributed by atoms with Gasteiger partial charge in [-0.15, -0.1) is 0 Å². The number of anilines is 1. The first-order valence-corrected chi connectivity index (χ1v) is 9.14. The maximum atomic E-state index is 12.4. The summed E-state index contributed by atoms with van der Waals surface area (Å²) in [5.74, 6) is -1.14. The predicted molar refractivity (Wildman–Crippen MR) is 88.4 cm³/mol. The summed E-state index contributed by atoms with van der Waals surface area (Å²) in [6.07, 6.45) is 1.89. The number of ether oxygens (including phenoxy) is 1. The van der Waals surface area contributed by atoms with E-state index in [9.17, 15) is 18.0 Å². The Morgan fingerprint density at radius 2 is 1.83 bits per heavy atom. The van der Waals surface area contributed by atoms with E-state index in [4.69, 9.17) is 0 Å². The molecule has 1 amide bonds. The Balaban J connectivity index is 3.18. The Hall–Kier alpha value is -2.09. The number of sulfone groups is 1. The molecule has 0 atom stereocenters. The van der Waals surface area contributed by atoms with E-state index < -0.39 is 15.8 Å². The molecule has 0 saturated heterocycles. The zero-order valence-electron chi connectivity index (χ0n) is 13.8. The van der Waals surface area contributed by atoms with Crippen LogP contribution in [0.5, 0.6) is 0 Å². The second-order valence-electron chi connectivity index (χ2n) is 5.26. The van der Waals surface area contributed by atoms with Gasteiger partial charge >= 0.3 is 5.97 Å². The van der Waals surface area contributed by atoms with E-state index in [1.54, 1.807) is 7.05 Å². The largest absolute Gasteiger partial charge is 0.465 e. The third-order valence-electron chi connectivity index (χ3n) is 3.05. The molecule has 0 spiro atoms. The van der Waals surface area contributed by atoms with Gasteiger partial charge in [0.2, 0.25) is 0 Å². The van der Waals surface area contributed by atoms with Crippen LogP contribution in [0, 0.1) is 0 Å². The fraction of sp³-hybridized carbons (Fsp3) is 0.467. The first-order valence-electron chi connectivity index (χ1n) is 7.08. The number of hydrogen-bond acceptors (Lipinski definition) is 6. The lowest BCUT2D eigenvalue weighted by molar-refractivity contribution is 0.0600. The number of nitrogens with one attached hydrogen (secondary N) is 1. The molecule has 23 heavy (non-hydrogen) atoms. The number of amides is 1. The molecule has 0 heterocycles. The van der Waals surface area contributed by atoms with Crippen LogP contribution in [0.2, 0.25) is 0 Å². The number of nitrogens with zero attached hydrogens (tertiary/aromatic N) is 1. The van der Waals surface area contributed by atoms with E-state index in [0.29, 0.717) is 17.8 Å². The summed E-state index contributed by atoms with van der Waals surface area (Å²) in [4.78, 5) is 25.7. The van der Waals surface area contributed by atoms with Crippen molar-refractivity contribution in [2.24, 2.45) is 0 Å².